The van der Waals surface area contributed by atoms with Crippen molar-refractivity contribution in [3.63, 3.8) is 0 Å². The first-order valence-corrected chi connectivity index (χ1v) is 8.80. The summed E-state index contributed by atoms with van der Waals surface area (Å²) in [5.41, 5.74) is -1.17. The van der Waals surface area contributed by atoms with E-state index in [2.05, 4.69) is 21.2 Å². The van der Waals surface area contributed by atoms with Gasteiger partial charge in [-0.05, 0) is 24.3 Å². The van der Waals surface area contributed by atoms with Crippen LogP contribution in [0, 0.1) is 0 Å². The molecule has 2 N–H and O–H groups in total. The fraction of sp³-hybridized carbons (Fsp3) is 0.467. The number of carbonyl (C=O) groups is 2. The van der Waals surface area contributed by atoms with Gasteiger partial charge in [-0.25, -0.2) is 4.79 Å². The van der Waals surface area contributed by atoms with Gasteiger partial charge in [0.1, 0.15) is 5.54 Å². The predicted molar refractivity (Wildman–Crippen MR) is 88.0 cm³/mol. The van der Waals surface area contributed by atoms with Gasteiger partial charge in [-0.15, -0.1) is 11.8 Å². The molecule has 0 bridgehead atoms. The van der Waals surface area contributed by atoms with Gasteiger partial charge in [-0.1, -0.05) is 15.9 Å². The highest BCUT2D eigenvalue weighted by atomic mass is 79.9. The lowest BCUT2D eigenvalue weighted by atomic mass is 9.90. The molecule has 0 aliphatic carbocycles. The number of benzene rings is 1. The standard InChI is InChI=1S/C15H18BrNO4S/c16-11-1-3-12(4-2-11)22-10-5-13(18)17-15(14(19)20)6-8-21-9-7-15/h1-4H,5-10H2,(H,17,18)(H,19,20). The van der Waals surface area contributed by atoms with Crippen molar-refractivity contribution < 1.29 is 19.4 Å². The van der Waals surface area contributed by atoms with Crippen LogP contribution in [0.15, 0.2) is 33.6 Å². The second-order valence-electron chi connectivity index (χ2n) is 5.10. The second-order valence-corrected chi connectivity index (χ2v) is 7.18. The van der Waals surface area contributed by atoms with Crippen LogP contribution in [0.25, 0.3) is 0 Å². The van der Waals surface area contributed by atoms with Crippen molar-refractivity contribution >= 4 is 39.6 Å². The summed E-state index contributed by atoms with van der Waals surface area (Å²) in [4.78, 5) is 24.6. The third kappa shape index (κ3) is 4.72. The summed E-state index contributed by atoms with van der Waals surface area (Å²) in [7, 11) is 0. The number of hydrogen-bond donors (Lipinski definition) is 2. The summed E-state index contributed by atoms with van der Waals surface area (Å²) in [6.07, 6.45) is 0.915. The Morgan fingerprint density at radius 3 is 2.50 bits per heavy atom. The molecule has 1 fully saturated rings. The van der Waals surface area contributed by atoms with Crippen LogP contribution in [0.5, 0.6) is 0 Å². The van der Waals surface area contributed by atoms with Crippen molar-refractivity contribution in [1.29, 1.82) is 0 Å². The van der Waals surface area contributed by atoms with Gasteiger partial charge in [-0.3, -0.25) is 4.79 Å². The molecule has 0 atom stereocenters. The van der Waals surface area contributed by atoms with E-state index in [-0.39, 0.29) is 12.3 Å². The van der Waals surface area contributed by atoms with Gasteiger partial charge in [0.05, 0.1) is 0 Å². The summed E-state index contributed by atoms with van der Waals surface area (Å²) < 4.78 is 6.19. The molecule has 0 aromatic heterocycles. The first-order chi connectivity index (χ1) is 10.5. The maximum absolute atomic E-state index is 12.0. The number of rotatable bonds is 6. The lowest BCUT2D eigenvalue weighted by Gasteiger charge is -2.33. The molecule has 1 aromatic carbocycles. The normalized spacial score (nSPS) is 17.0. The molecule has 1 heterocycles. The summed E-state index contributed by atoms with van der Waals surface area (Å²) in [5.74, 6) is -0.599. The average molecular weight is 388 g/mol. The van der Waals surface area contributed by atoms with Crippen LogP contribution in [0.1, 0.15) is 19.3 Å². The quantitative estimate of drug-likeness (QED) is 0.733. The molecule has 22 heavy (non-hydrogen) atoms. The Morgan fingerprint density at radius 2 is 1.91 bits per heavy atom. The molecule has 1 aromatic rings. The number of halogens is 1. The predicted octanol–water partition coefficient (Wildman–Crippen LogP) is 2.68. The van der Waals surface area contributed by atoms with Crippen LogP contribution in [0.4, 0.5) is 0 Å². The monoisotopic (exact) mass is 387 g/mol. The smallest absolute Gasteiger partial charge is 0.329 e. The molecule has 1 saturated heterocycles. The van der Waals surface area contributed by atoms with Crippen LogP contribution in [0.3, 0.4) is 0 Å². The Balaban J connectivity index is 1.81. The zero-order chi connectivity index (χ0) is 16.0. The molecule has 1 aliphatic heterocycles. The van der Waals surface area contributed by atoms with Gasteiger partial charge >= 0.3 is 5.97 Å². The van der Waals surface area contributed by atoms with E-state index in [1.165, 1.54) is 0 Å². The van der Waals surface area contributed by atoms with E-state index in [1.807, 2.05) is 24.3 Å². The molecular weight excluding hydrogens is 370 g/mol. The van der Waals surface area contributed by atoms with Gasteiger partial charge in [0.25, 0.3) is 0 Å². The Hall–Kier alpha value is -1.05. The van der Waals surface area contributed by atoms with Gasteiger partial charge in [0.15, 0.2) is 0 Å². The van der Waals surface area contributed by atoms with Crippen molar-refractivity contribution in [2.45, 2.75) is 29.7 Å². The number of carboxylic acids is 1. The third-order valence-electron chi connectivity index (χ3n) is 3.55. The number of thioether (sulfide) groups is 1. The first kappa shape index (κ1) is 17.3. The molecule has 0 saturated carbocycles. The van der Waals surface area contributed by atoms with E-state index >= 15 is 0 Å². The van der Waals surface area contributed by atoms with Crippen molar-refractivity contribution in [3.8, 4) is 0 Å². The van der Waals surface area contributed by atoms with Gasteiger partial charge in [-0.2, -0.15) is 0 Å². The van der Waals surface area contributed by atoms with Crippen molar-refractivity contribution in [1.82, 2.24) is 5.32 Å². The third-order valence-corrected chi connectivity index (χ3v) is 5.09. The Bertz CT molecular complexity index is 529. The highest BCUT2D eigenvalue weighted by Gasteiger charge is 2.41. The van der Waals surface area contributed by atoms with Crippen LogP contribution >= 0.6 is 27.7 Å². The van der Waals surface area contributed by atoms with Crippen molar-refractivity contribution in [2.24, 2.45) is 0 Å². The SMILES string of the molecule is O=C(CCSc1ccc(Br)cc1)NC1(C(=O)O)CCOCC1. The van der Waals surface area contributed by atoms with Gasteiger partial charge in [0, 0.05) is 47.6 Å². The molecule has 0 unspecified atom stereocenters. The van der Waals surface area contributed by atoms with Gasteiger partial charge in [0.2, 0.25) is 5.91 Å². The number of aliphatic carboxylic acids is 1. The largest absolute Gasteiger partial charge is 0.480 e. The Morgan fingerprint density at radius 1 is 1.27 bits per heavy atom. The Kier molecular flexibility index (Phi) is 6.28. The zero-order valence-electron chi connectivity index (χ0n) is 12.0. The summed E-state index contributed by atoms with van der Waals surface area (Å²) in [6.45, 7) is 0.723. The number of carbonyl (C=O) groups excluding carboxylic acids is 1. The van der Waals surface area contributed by atoms with E-state index in [4.69, 9.17) is 4.74 Å². The minimum absolute atomic E-state index is 0.228. The Labute approximate surface area is 141 Å². The van der Waals surface area contributed by atoms with Crippen LogP contribution in [0.2, 0.25) is 0 Å². The van der Waals surface area contributed by atoms with E-state index in [9.17, 15) is 14.7 Å². The van der Waals surface area contributed by atoms with Crippen LogP contribution in [-0.2, 0) is 14.3 Å². The van der Waals surface area contributed by atoms with E-state index < -0.39 is 11.5 Å². The summed E-state index contributed by atoms with van der Waals surface area (Å²) in [5, 5.41) is 12.1. The zero-order valence-corrected chi connectivity index (χ0v) is 14.4. The highest BCUT2D eigenvalue weighted by Crippen LogP contribution is 2.23. The van der Waals surface area contributed by atoms with E-state index in [1.54, 1.807) is 11.8 Å². The molecule has 7 heteroatoms. The molecule has 0 radical (unpaired) electrons. The first-order valence-electron chi connectivity index (χ1n) is 7.02. The minimum Gasteiger partial charge on any atom is -0.480 e. The molecule has 1 amide bonds. The van der Waals surface area contributed by atoms with E-state index in [0.717, 1.165) is 9.37 Å². The number of ether oxygens (including phenoxy) is 1. The molecule has 0 spiro atoms. The molecular formula is C15H18BrNO4S. The maximum Gasteiger partial charge on any atom is 0.329 e. The lowest BCUT2D eigenvalue weighted by molar-refractivity contribution is -0.152. The molecule has 1 aliphatic rings. The summed E-state index contributed by atoms with van der Waals surface area (Å²) in [6, 6.07) is 7.85. The number of nitrogens with one attached hydrogen (secondary N) is 1. The van der Waals surface area contributed by atoms with Crippen LogP contribution < -0.4 is 5.32 Å². The number of carboxylic acid groups (broad SMARTS) is 1. The van der Waals surface area contributed by atoms with E-state index in [0.29, 0.717) is 31.8 Å². The van der Waals surface area contributed by atoms with Crippen molar-refractivity contribution in [3.05, 3.63) is 28.7 Å². The topological polar surface area (TPSA) is 75.6 Å². The van der Waals surface area contributed by atoms with Gasteiger partial charge < -0.3 is 15.2 Å². The molecule has 120 valence electrons. The summed E-state index contributed by atoms with van der Waals surface area (Å²) >= 11 is 4.95. The molecule has 5 nitrogen and oxygen atoms in total. The minimum atomic E-state index is -1.17. The fourth-order valence-electron chi connectivity index (χ4n) is 2.23. The number of amides is 1. The lowest BCUT2D eigenvalue weighted by Crippen LogP contribution is -2.57. The number of hydrogen-bond acceptors (Lipinski definition) is 4. The van der Waals surface area contributed by atoms with Crippen molar-refractivity contribution in [2.75, 3.05) is 19.0 Å². The molecule has 2 rings (SSSR count). The average Bonchev–Trinajstić information content (AvgIpc) is 2.50. The van der Waals surface area contributed by atoms with Crippen LogP contribution in [-0.4, -0.2) is 41.5 Å². The highest BCUT2D eigenvalue weighted by molar-refractivity contribution is 9.10. The maximum atomic E-state index is 12.0. The fourth-order valence-corrected chi connectivity index (χ4v) is 3.35. The second kappa shape index (κ2) is 7.99.